The number of rotatable bonds is 5. The van der Waals surface area contributed by atoms with E-state index in [1.54, 1.807) is 0 Å². The Hall–Kier alpha value is -0.560. The molecular formula is C11H20N2O. The van der Waals surface area contributed by atoms with Gasteiger partial charge in [0, 0.05) is 19.1 Å². The van der Waals surface area contributed by atoms with Crippen molar-refractivity contribution in [2.45, 2.75) is 50.7 Å². The summed E-state index contributed by atoms with van der Waals surface area (Å²) in [5.74, 6) is 8.01. The first kappa shape index (κ1) is 11.5. The minimum atomic E-state index is 0.241. The van der Waals surface area contributed by atoms with E-state index in [-0.39, 0.29) is 6.04 Å². The smallest absolute Gasteiger partial charge is 0.0575 e. The van der Waals surface area contributed by atoms with Crippen LogP contribution in [0.3, 0.4) is 0 Å². The molecule has 0 saturated carbocycles. The molecule has 0 aromatic carbocycles. The minimum absolute atomic E-state index is 0.241. The number of nitrogens with one attached hydrogen (secondary N) is 1. The molecule has 0 spiro atoms. The Bertz CT molecular complexity index is 182. The predicted molar refractivity (Wildman–Crippen MR) is 57.4 cm³/mol. The highest BCUT2D eigenvalue weighted by molar-refractivity contribution is 4.89. The lowest BCUT2D eigenvalue weighted by Gasteiger charge is -2.24. The molecular weight excluding hydrogens is 176 g/mol. The van der Waals surface area contributed by atoms with Crippen molar-refractivity contribution in [3.05, 3.63) is 0 Å². The van der Waals surface area contributed by atoms with E-state index in [0.29, 0.717) is 12.5 Å². The second-order valence-corrected chi connectivity index (χ2v) is 3.84. The van der Waals surface area contributed by atoms with Gasteiger partial charge in [0.1, 0.15) is 0 Å². The summed E-state index contributed by atoms with van der Waals surface area (Å²) >= 11 is 0. The van der Waals surface area contributed by atoms with E-state index < -0.39 is 0 Å². The van der Waals surface area contributed by atoms with Crippen molar-refractivity contribution in [1.82, 2.24) is 5.43 Å². The normalized spacial score (nSPS) is 24.1. The third kappa shape index (κ3) is 4.10. The lowest BCUT2D eigenvalue weighted by atomic mass is 10.0. The molecule has 3 N–H and O–H groups in total. The molecule has 1 saturated heterocycles. The molecule has 0 aliphatic carbocycles. The van der Waals surface area contributed by atoms with E-state index in [2.05, 4.69) is 11.3 Å². The number of hydrogen-bond acceptors (Lipinski definition) is 3. The molecule has 0 radical (unpaired) electrons. The molecule has 14 heavy (non-hydrogen) atoms. The van der Waals surface area contributed by atoms with Crippen LogP contribution in [0.15, 0.2) is 0 Å². The van der Waals surface area contributed by atoms with Crippen LogP contribution in [0.1, 0.15) is 38.5 Å². The summed E-state index contributed by atoms with van der Waals surface area (Å²) in [7, 11) is 0. The third-order valence-electron chi connectivity index (χ3n) is 2.71. The summed E-state index contributed by atoms with van der Waals surface area (Å²) in [5, 5.41) is 0. The summed E-state index contributed by atoms with van der Waals surface area (Å²) in [5.41, 5.74) is 2.74. The summed E-state index contributed by atoms with van der Waals surface area (Å²) < 4.78 is 5.63. The summed E-state index contributed by atoms with van der Waals surface area (Å²) in [4.78, 5) is 0. The van der Waals surface area contributed by atoms with Gasteiger partial charge in [0.25, 0.3) is 0 Å². The Morgan fingerprint density at radius 2 is 2.43 bits per heavy atom. The molecule has 0 bridgehead atoms. The van der Waals surface area contributed by atoms with Gasteiger partial charge in [-0.25, -0.2) is 0 Å². The van der Waals surface area contributed by atoms with Crippen molar-refractivity contribution in [2.24, 2.45) is 5.84 Å². The van der Waals surface area contributed by atoms with Gasteiger partial charge in [-0.05, 0) is 32.1 Å². The molecule has 0 aromatic heterocycles. The largest absolute Gasteiger partial charge is 0.378 e. The second-order valence-electron chi connectivity index (χ2n) is 3.84. The van der Waals surface area contributed by atoms with Crippen LogP contribution in [0.25, 0.3) is 0 Å². The zero-order chi connectivity index (χ0) is 10.2. The number of terminal acetylenes is 1. The summed E-state index contributed by atoms with van der Waals surface area (Å²) in [6.07, 6.45) is 12.1. The van der Waals surface area contributed by atoms with E-state index in [1.807, 2.05) is 0 Å². The molecule has 0 aromatic rings. The second kappa shape index (κ2) is 6.83. The van der Waals surface area contributed by atoms with Gasteiger partial charge >= 0.3 is 0 Å². The quantitative estimate of drug-likeness (QED) is 0.394. The van der Waals surface area contributed by atoms with E-state index in [1.165, 1.54) is 19.3 Å². The van der Waals surface area contributed by atoms with Crippen molar-refractivity contribution in [2.75, 3.05) is 6.61 Å². The molecule has 2 atom stereocenters. The van der Waals surface area contributed by atoms with Crippen LogP contribution in [0.4, 0.5) is 0 Å². The first-order valence-electron chi connectivity index (χ1n) is 5.38. The maximum atomic E-state index is 5.63. The molecule has 1 aliphatic heterocycles. The molecule has 1 aliphatic rings. The maximum absolute atomic E-state index is 5.63. The first-order valence-corrected chi connectivity index (χ1v) is 5.38. The van der Waals surface area contributed by atoms with E-state index in [9.17, 15) is 0 Å². The van der Waals surface area contributed by atoms with E-state index in [4.69, 9.17) is 17.0 Å². The molecule has 80 valence electrons. The zero-order valence-corrected chi connectivity index (χ0v) is 8.67. The van der Waals surface area contributed by atoms with Gasteiger partial charge in [-0.3, -0.25) is 11.3 Å². The van der Waals surface area contributed by atoms with Gasteiger partial charge in [-0.2, -0.15) is 0 Å². The molecule has 0 amide bonds. The summed E-state index contributed by atoms with van der Waals surface area (Å²) in [6, 6.07) is 0.241. The highest BCUT2D eigenvalue weighted by Gasteiger charge is 2.15. The molecule has 1 heterocycles. The Kier molecular flexibility index (Phi) is 5.62. The highest BCUT2D eigenvalue weighted by atomic mass is 16.5. The first-order chi connectivity index (χ1) is 6.86. The number of ether oxygens (including phenoxy) is 1. The van der Waals surface area contributed by atoms with Crippen LogP contribution in [0, 0.1) is 12.3 Å². The van der Waals surface area contributed by atoms with Crippen molar-refractivity contribution in [3.8, 4) is 12.3 Å². The van der Waals surface area contributed by atoms with Crippen LogP contribution in [0.2, 0.25) is 0 Å². The molecule has 3 nitrogen and oxygen atoms in total. The molecule has 1 fully saturated rings. The average Bonchev–Trinajstić information content (AvgIpc) is 2.25. The fraction of sp³-hybridized carbons (Fsp3) is 0.818. The number of hydrazine groups is 1. The topological polar surface area (TPSA) is 47.3 Å². The molecule has 3 heteroatoms. The Morgan fingerprint density at radius 1 is 1.57 bits per heavy atom. The number of hydrogen-bond donors (Lipinski definition) is 2. The zero-order valence-electron chi connectivity index (χ0n) is 8.67. The van der Waals surface area contributed by atoms with Crippen LogP contribution < -0.4 is 11.3 Å². The van der Waals surface area contributed by atoms with Crippen LogP contribution >= 0.6 is 0 Å². The van der Waals surface area contributed by atoms with Crippen LogP contribution in [-0.4, -0.2) is 18.8 Å². The van der Waals surface area contributed by atoms with Gasteiger partial charge in [0.05, 0.1) is 6.10 Å². The van der Waals surface area contributed by atoms with Crippen LogP contribution in [-0.2, 0) is 4.74 Å². The predicted octanol–water partition coefficient (Wildman–Crippen LogP) is 1.19. The van der Waals surface area contributed by atoms with E-state index >= 15 is 0 Å². The Balaban J connectivity index is 2.14. The van der Waals surface area contributed by atoms with Gasteiger partial charge in [-0.1, -0.05) is 0 Å². The number of nitrogens with two attached hydrogens (primary N) is 1. The van der Waals surface area contributed by atoms with Gasteiger partial charge < -0.3 is 4.74 Å². The van der Waals surface area contributed by atoms with Crippen molar-refractivity contribution in [3.63, 3.8) is 0 Å². The lowest BCUT2D eigenvalue weighted by molar-refractivity contribution is 0.00866. The van der Waals surface area contributed by atoms with E-state index in [0.717, 1.165) is 19.4 Å². The van der Waals surface area contributed by atoms with Gasteiger partial charge in [0.2, 0.25) is 0 Å². The Morgan fingerprint density at radius 3 is 3.00 bits per heavy atom. The van der Waals surface area contributed by atoms with Crippen molar-refractivity contribution < 1.29 is 4.74 Å². The van der Waals surface area contributed by atoms with Gasteiger partial charge in [-0.15, -0.1) is 12.3 Å². The fourth-order valence-corrected chi connectivity index (χ4v) is 1.81. The fourth-order valence-electron chi connectivity index (χ4n) is 1.81. The van der Waals surface area contributed by atoms with Crippen molar-refractivity contribution >= 4 is 0 Å². The summed E-state index contributed by atoms with van der Waals surface area (Å²) in [6.45, 7) is 0.917. The molecule has 2 unspecified atom stereocenters. The lowest BCUT2D eigenvalue weighted by Crippen LogP contribution is -2.35. The highest BCUT2D eigenvalue weighted by Crippen LogP contribution is 2.18. The molecule has 1 rings (SSSR count). The minimum Gasteiger partial charge on any atom is -0.378 e. The monoisotopic (exact) mass is 196 g/mol. The third-order valence-corrected chi connectivity index (χ3v) is 2.71. The standard InChI is InChI=1S/C11H20N2O/c1-2-5-10(13-12)7-8-11-6-3-4-9-14-11/h1,10-11,13H,3-9,12H2. The average molecular weight is 196 g/mol. The van der Waals surface area contributed by atoms with Gasteiger partial charge in [0.15, 0.2) is 0 Å². The SMILES string of the molecule is C#CCC(CCC1CCCCO1)NN. The van der Waals surface area contributed by atoms with Crippen LogP contribution in [0.5, 0.6) is 0 Å². The Labute approximate surface area is 86.4 Å². The maximum Gasteiger partial charge on any atom is 0.0575 e. The van der Waals surface area contributed by atoms with Crippen molar-refractivity contribution in [1.29, 1.82) is 0 Å².